The number of carboxylic acids is 1. The fourth-order valence-electron chi connectivity index (χ4n) is 4.63. The maximum absolute atomic E-state index is 13.1. The molecule has 35 heavy (non-hydrogen) atoms. The molecule has 2 saturated carbocycles. The van der Waals surface area contributed by atoms with Crippen LogP contribution in [-0.4, -0.2) is 32.6 Å². The van der Waals surface area contributed by atoms with E-state index >= 15 is 0 Å². The van der Waals surface area contributed by atoms with E-state index in [1.165, 1.54) is 0 Å². The SMILES string of the molecule is O=C(NC1CC1)c1cn(-c2cccc(-c3cccc([C@@H]4C[C@H]4C(=O)O)c3)c2)c2ncccc2c1=O. The van der Waals surface area contributed by atoms with Gasteiger partial charge in [-0.3, -0.25) is 14.4 Å². The molecule has 0 saturated heterocycles. The van der Waals surface area contributed by atoms with Crippen molar-refractivity contribution in [3.8, 4) is 16.8 Å². The van der Waals surface area contributed by atoms with Crippen LogP contribution in [0.5, 0.6) is 0 Å². The van der Waals surface area contributed by atoms with E-state index in [9.17, 15) is 19.5 Å². The molecule has 2 heterocycles. The Hall–Kier alpha value is -4.26. The van der Waals surface area contributed by atoms with Gasteiger partial charge in [-0.2, -0.15) is 0 Å². The van der Waals surface area contributed by atoms with Crippen LogP contribution in [0.15, 0.2) is 77.9 Å². The first-order valence-corrected chi connectivity index (χ1v) is 11.7. The molecule has 0 unspecified atom stereocenters. The fraction of sp³-hybridized carbons (Fsp3) is 0.214. The van der Waals surface area contributed by atoms with Crippen molar-refractivity contribution in [3.05, 3.63) is 94.4 Å². The average molecular weight is 466 g/mol. The molecule has 2 fully saturated rings. The summed E-state index contributed by atoms with van der Waals surface area (Å²) in [7, 11) is 0. The van der Waals surface area contributed by atoms with E-state index in [1.807, 2.05) is 48.5 Å². The maximum Gasteiger partial charge on any atom is 0.307 e. The molecule has 7 nitrogen and oxygen atoms in total. The van der Waals surface area contributed by atoms with Gasteiger partial charge in [-0.25, -0.2) is 4.98 Å². The number of carbonyl (C=O) groups is 2. The number of benzene rings is 2. The second-order valence-electron chi connectivity index (χ2n) is 9.33. The van der Waals surface area contributed by atoms with Gasteiger partial charge >= 0.3 is 5.97 Å². The van der Waals surface area contributed by atoms with Crippen LogP contribution >= 0.6 is 0 Å². The van der Waals surface area contributed by atoms with Gasteiger partial charge in [0.15, 0.2) is 0 Å². The van der Waals surface area contributed by atoms with Gasteiger partial charge in [0.25, 0.3) is 5.91 Å². The van der Waals surface area contributed by atoms with Gasteiger partial charge in [0.05, 0.1) is 11.3 Å². The summed E-state index contributed by atoms with van der Waals surface area (Å²) in [5, 5.41) is 12.6. The van der Waals surface area contributed by atoms with Crippen LogP contribution in [0.3, 0.4) is 0 Å². The Bertz CT molecular complexity index is 1550. The van der Waals surface area contributed by atoms with E-state index in [4.69, 9.17) is 0 Å². The lowest BCUT2D eigenvalue weighted by Gasteiger charge is -2.14. The number of carboxylic acid groups (broad SMARTS) is 1. The lowest BCUT2D eigenvalue weighted by molar-refractivity contribution is -0.138. The molecule has 2 atom stereocenters. The Morgan fingerprint density at radius 1 is 1.00 bits per heavy atom. The number of amides is 1. The van der Waals surface area contributed by atoms with Gasteiger partial charge < -0.3 is 15.0 Å². The summed E-state index contributed by atoms with van der Waals surface area (Å²) in [6.07, 6.45) is 5.74. The second kappa shape index (κ2) is 8.20. The van der Waals surface area contributed by atoms with Crippen molar-refractivity contribution in [2.24, 2.45) is 5.92 Å². The molecule has 2 N–H and O–H groups in total. The zero-order chi connectivity index (χ0) is 24.1. The summed E-state index contributed by atoms with van der Waals surface area (Å²) in [6.45, 7) is 0. The van der Waals surface area contributed by atoms with E-state index in [2.05, 4.69) is 10.3 Å². The minimum Gasteiger partial charge on any atom is -0.481 e. The number of carbonyl (C=O) groups excluding carboxylic acids is 1. The molecule has 2 aromatic carbocycles. The summed E-state index contributed by atoms with van der Waals surface area (Å²) in [4.78, 5) is 41.6. The highest BCUT2D eigenvalue weighted by Crippen LogP contribution is 2.48. The first-order valence-electron chi connectivity index (χ1n) is 11.7. The molecule has 0 spiro atoms. The molecule has 0 aliphatic heterocycles. The van der Waals surface area contributed by atoms with Crippen LogP contribution in [0.1, 0.15) is 41.1 Å². The van der Waals surface area contributed by atoms with E-state index in [1.54, 1.807) is 29.1 Å². The average Bonchev–Trinajstić information content (AvgIpc) is 3.80. The predicted molar refractivity (Wildman–Crippen MR) is 132 cm³/mol. The Kier molecular flexibility index (Phi) is 4.99. The standard InChI is InChI=1S/C28H23N3O4/c32-25-21-8-3-11-29-26(21)31(15-24(25)27(33)30-19-9-10-19)20-7-2-5-17(13-20)16-4-1-6-18(12-16)22-14-23(22)28(34)35/h1-8,11-13,15,19,22-23H,9-10,14H2,(H,30,33)(H,34,35)/t22-,23+/m0/s1. The molecule has 7 heteroatoms. The van der Waals surface area contributed by atoms with Crippen LogP contribution in [0.25, 0.3) is 27.8 Å². The smallest absolute Gasteiger partial charge is 0.307 e. The molecule has 174 valence electrons. The minimum atomic E-state index is -0.749. The van der Waals surface area contributed by atoms with Crippen molar-refractivity contribution in [1.82, 2.24) is 14.9 Å². The second-order valence-corrected chi connectivity index (χ2v) is 9.33. The van der Waals surface area contributed by atoms with Crippen molar-refractivity contribution in [3.63, 3.8) is 0 Å². The highest BCUT2D eigenvalue weighted by Gasteiger charge is 2.44. The summed E-state index contributed by atoms with van der Waals surface area (Å²) < 4.78 is 1.78. The number of hydrogen-bond donors (Lipinski definition) is 2. The number of nitrogens with one attached hydrogen (secondary N) is 1. The zero-order valence-corrected chi connectivity index (χ0v) is 18.8. The van der Waals surface area contributed by atoms with E-state index in [-0.39, 0.29) is 34.8 Å². The number of aromatic nitrogens is 2. The van der Waals surface area contributed by atoms with E-state index < -0.39 is 5.97 Å². The molecule has 0 bridgehead atoms. The normalized spacial score (nSPS) is 18.9. The van der Waals surface area contributed by atoms with Crippen molar-refractivity contribution >= 4 is 22.9 Å². The monoisotopic (exact) mass is 465 g/mol. The zero-order valence-electron chi connectivity index (χ0n) is 18.8. The Morgan fingerprint density at radius 2 is 1.77 bits per heavy atom. The summed E-state index contributed by atoms with van der Waals surface area (Å²) in [5.74, 6) is -1.37. The number of nitrogens with zero attached hydrogens (tertiary/aromatic N) is 2. The third kappa shape index (κ3) is 3.99. The Morgan fingerprint density at radius 3 is 2.51 bits per heavy atom. The molecule has 2 aromatic heterocycles. The van der Waals surface area contributed by atoms with Crippen molar-refractivity contribution in [1.29, 1.82) is 0 Å². The lowest BCUT2D eigenvalue weighted by atomic mass is 10.00. The number of aliphatic carboxylic acids is 1. The van der Waals surface area contributed by atoms with Crippen molar-refractivity contribution in [2.75, 3.05) is 0 Å². The predicted octanol–water partition coefficient (Wildman–Crippen LogP) is 4.13. The molecular weight excluding hydrogens is 442 g/mol. The van der Waals surface area contributed by atoms with Crippen LogP contribution in [0.2, 0.25) is 0 Å². The summed E-state index contributed by atoms with van der Waals surface area (Å²) in [5.41, 5.74) is 3.96. The number of rotatable bonds is 6. The van der Waals surface area contributed by atoms with Crippen molar-refractivity contribution < 1.29 is 14.7 Å². The molecule has 1 amide bonds. The number of pyridine rings is 2. The number of fused-ring (bicyclic) bond motifs is 1. The fourth-order valence-corrected chi connectivity index (χ4v) is 4.63. The van der Waals surface area contributed by atoms with Crippen LogP contribution in [-0.2, 0) is 4.79 Å². The largest absolute Gasteiger partial charge is 0.481 e. The number of hydrogen-bond acceptors (Lipinski definition) is 4. The minimum absolute atomic E-state index is 0.0512. The van der Waals surface area contributed by atoms with Crippen LogP contribution < -0.4 is 10.7 Å². The van der Waals surface area contributed by atoms with Gasteiger partial charge in [-0.1, -0.05) is 36.4 Å². The van der Waals surface area contributed by atoms with Gasteiger partial charge in [0.1, 0.15) is 11.2 Å². The first kappa shape index (κ1) is 21.3. The molecule has 2 aliphatic rings. The summed E-state index contributed by atoms with van der Waals surface area (Å²) >= 11 is 0. The van der Waals surface area contributed by atoms with Gasteiger partial charge in [0.2, 0.25) is 5.43 Å². The van der Waals surface area contributed by atoms with Gasteiger partial charge in [-0.05, 0) is 66.1 Å². The highest BCUT2D eigenvalue weighted by molar-refractivity contribution is 5.97. The van der Waals surface area contributed by atoms with Crippen LogP contribution in [0.4, 0.5) is 0 Å². The van der Waals surface area contributed by atoms with Gasteiger partial charge in [-0.15, -0.1) is 0 Å². The van der Waals surface area contributed by atoms with E-state index in [0.29, 0.717) is 17.5 Å². The van der Waals surface area contributed by atoms with Gasteiger partial charge in [0, 0.05) is 24.1 Å². The molecular formula is C28H23N3O4. The van der Waals surface area contributed by atoms with Crippen molar-refractivity contribution in [2.45, 2.75) is 31.2 Å². The lowest BCUT2D eigenvalue weighted by Crippen LogP contribution is -2.31. The third-order valence-corrected chi connectivity index (χ3v) is 6.80. The summed E-state index contributed by atoms with van der Waals surface area (Å²) in [6, 6.07) is 19.3. The Balaban J connectivity index is 1.43. The third-order valence-electron chi connectivity index (χ3n) is 6.80. The van der Waals surface area contributed by atoms with Crippen LogP contribution in [0, 0.1) is 5.92 Å². The first-order chi connectivity index (χ1) is 17.0. The molecule has 6 rings (SSSR count). The quantitative estimate of drug-likeness (QED) is 0.446. The maximum atomic E-state index is 13.1. The topological polar surface area (TPSA) is 101 Å². The highest BCUT2D eigenvalue weighted by atomic mass is 16.4. The van der Waals surface area contributed by atoms with E-state index in [0.717, 1.165) is 35.2 Å². The molecule has 4 aromatic rings. The molecule has 2 aliphatic carbocycles. The molecule has 0 radical (unpaired) electrons. The Labute approximate surface area is 201 Å².